The van der Waals surface area contributed by atoms with E-state index in [1.54, 1.807) is 11.3 Å². The molecule has 3 aliphatic rings. The van der Waals surface area contributed by atoms with Crippen molar-refractivity contribution in [2.24, 2.45) is 0 Å². The van der Waals surface area contributed by atoms with E-state index in [2.05, 4.69) is 21.3 Å². The standard InChI is InChI=1S/C26H37N3O2S/c1-26(25(31)27-19-11-7-3-2-4-8-12-19)18-28-21-15-16-32-23(21)17-22(28)24(30)29(26)20-13-9-5-6-10-14-20/h15-17,19-20H,2-14,18H2,1H3,(H,27,31). The maximum absolute atomic E-state index is 14.0. The number of hydrogen-bond acceptors (Lipinski definition) is 3. The lowest BCUT2D eigenvalue weighted by Gasteiger charge is -2.48. The van der Waals surface area contributed by atoms with Gasteiger partial charge in [0.05, 0.1) is 16.8 Å². The van der Waals surface area contributed by atoms with Gasteiger partial charge in [0.1, 0.15) is 11.2 Å². The molecule has 0 radical (unpaired) electrons. The highest BCUT2D eigenvalue weighted by Gasteiger charge is 2.50. The van der Waals surface area contributed by atoms with Gasteiger partial charge < -0.3 is 14.8 Å². The number of aromatic nitrogens is 1. The molecule has 2 aromatic rings. The predicted molar refractivity (Wildman–Crippen MR) is 130 cm³/mol. The van der Waals surface area contributed by atoms with Crippen molar-refractivity contribution in [2.45, 2.75) is 115 Å². The predicted octanol–water partition coefficient (Wildman–Crippen LogP) is 5.87. The van der Waals surface area contributed by atoms with Gasteiger partial charge in [0.25, 0.3) is 5.91 Å². The van der Waals surface area contributed by atoms with Crippen LogP contribution in [0.5, 0.6) is 0 Å². The van der Waals surface area contributed by atoms with Crippen molar-refractivity contribution in [2.75, 3.05) is 0 Å². The largest absolute Gasteiger partial charge is 0.351 e. The smallest absolute Gasteiger partial charge is 0.271 e. The molecular formula is C26H37N3O2S. The van der Waals surface area contributed by atoms with E-state index in [0.717, 1.165) is 54.4 Å². The normalized spacial score (nSPS) is 26.4. The van der Waals surface area contributed by atoms with E-state index >= 15 is 0 Å². The topological polar surface area (TPSA) is 54.3 Å². The van der Waals surface area contributed by atoms with Gasteiger partial charge in [-0.15, -0.1) is 11.3 Å². The van der Waals surface area contributed by atoms with Crippen LogP contribution in [0.2, 0.25) is 0 Å². The first-order valence-electron chi connectivity index (χ1n) is 12.8. The van der Waals surface area contributed by atoms with E-state index in [1.165, 1.54) is 44.9 Å². The highest BCUT2D eigenvalue weighted by molar-refractivity contribution is 7.17. The molecule has 6 heteroatoms. The van der Waals surface area contributed by atoms with E-state index < -0.39 is 5.54 Å². The van der Waals surface area contributed by atoms with Gasteiger partial charge in [-0.3, -0.25) is 9.59 Å². The number of hydrogen-bond donors (Lipinski definition) is 1. The molecule has 2 saturated carbocycles. The number of nitrogens with one attached hydrogen (secondary N) is 1. The average Bonchev–Trinajstić information content (AvgIpc) is 3.24. The first kappa shape index (κ1) is 22.0. The number of nitrogens with zero attached hydrogens (tertiary/aromatic N) is 2. The molecule has 1 unspecified atom stereocenters. The summed E-state index contributed by atoms with van der Waals surface area (Å²) >= 11 is 1.67. The zero-order chi connectivity index (χ0) is 22.1. The van der Waals surface area contributed by atoms with Crippen molar-refractivity contribution in [1.82, 2.24) is 14.8 Å². The monoisotopic (exact) mass is 455 g/mol. The summed E-state index contributed by atoms with van der Waals surface area (Å²) in [6, 6.07) is 4.52. The van der Waals surface area contributed by atoms with Gasteiger partial charge in [-0.2, -0.15) is 0 Å². The lowest BCUT2D eigenvalue weighted by Crippen LogP contribution is -2.67. The van der Waals surface area contributed by atoms with Crippen LogP contribution in [0.4, 0.5) is 0 Å². The Hall–Kier alpha value is -1.82. The van der Waals surface area contributed by atoms with Gasteiger partial charge in [-0.1, -0.05) is 57.8 Å². The Bertz CT molecular complexity index is 963. The van der Waals surface area contributed by atoms with Crippen molar-refractivity contribution in [1.29, 1.82) is 0 Å². The second-order valence-corrected chi connectivity index (χ2v) is 11.3. The molecule has 2 amide bonds. The van der Waals surface area contributed by atoms with Crippen molar-refractivity contribution in [3.05, 3.63) is 23.2 Å². The minimum Gasteiger partial charge on any atom is -0.351 e. The molecule has 1 aliphatic heterocycles. The van der Waals surface area contributed by atoms with Crippen LogP contribution in [0.25, 0.3) is 10.2 Å². The Morgan fingerprint density at radius 2 is 1.62 bits per heavy atom. The molecule has 0 saturated heterocycles. The number of thiophene rings is 1. The fourth-order valence-electron chi connectivity index (χ4n) is 6.26. The fraction of sp³-hybridized carbons (Fsp3) is 0.692. The van der Waals surface area contributed by atoms with Gasteiger partial charge >= 0.3 is 0 Å². The summed E-state index contributed by atoms with van der Waals surface area (Å²) in [4.78, 5) is 29.9. The lowest BCUT2D eigenvalue weighted by molar-refractivity contribution is -0.135. The van der Waals surface area contributed by atoms with E-state index in [9.17, 15) is 9.59 Å². The average molecular weight is 456 g/mol. The van der Waals surface area contributed by atoms with Crippen LogP contribution in [-0.4, -0.2) is 38.9 Å². The van der Waals surface area contributed by atoms with Crippen molar-refractivity contribution in [3.8, 4) is 0 Å². The molecule has 2 fully saturated rings. The summed E-state index contributed by atoms with van der Waals surface area (Å²) in [5.74, 6) is 0.0882. The van der Waals surface area contributed by atoms with Gasteiger partial charge in [-0.25, -0.2) is 0 Å². The maximum Gasteiger partial charge on any atom is 0.271 e. The summed E-state index contributed by atoms with van der Waals surface area (Å²) in [5.41, 5.74) is 0.992. The van der Waals surface area contributed by atoms with E-state index in [-0.39, 0.29) is 23.9 Å². The lowest BCUT2D eigenvalue weighted by atomic mass is 9.89. The summed E-state index contributed by atoms with van der Waals surface area (Å²) in [7, 11) is 0. The van der Waals surface area contributed by atoms with Gasteiger partial charge in [0.2, 0.25) is 5.91 Å². The second-order valence-electron chi connectivity index (χ2n) is 10.4. The Balaban J connectivity index is 1.49. The van der Waals surface area contributed by atoms with E-state index in [0.29, 0.717) is 6.54 Å². The zero-order valence-corrected chi connectivity index (χ0v) is 20.2. The summed E-state index contributed by atoms with van der Waals surface area (Å²) < 4.78 is 3.25. The van der Waals surface area contributed by atoms with E-state index in [4.69, 9.17) is 0 Å². The fourth-order valence-corrected chi connectivity index (χ4v) is 7.09. The third-order valence-electron chi connectivity index (χ3n) is 8.08. The van der Waals surface area contributed by atoms with Gasteiger partial charge in [-0.05, 0) is 50.1 Å². The first-order chi connectivity index (χ1) is 15.6. The van der Waals surface area contributed by atoms with Crippen LogP contribution >= 0.6 is 11.3 Å². The van der Waals surface area contributed by atoms with Crippen LogP contribution in [0.15, 0.2) is 17.5 Å². The first-order valence-corrected chi connectivity index (χ1v) is 13.7. The Labute approximate surface area is 195 Å². The molecule has 0 spiro atoms. The van der Waals surface area contributed by atoms with Crippen LogP contribution in [0.3, 0.4) is 0 Å². The third kappa shape index (κ3) is 4.00. The van der Waals surface area contributed by atoms with Crippen molar-refractivity contribution in [3.63, 3.8) is 0 Å². The highest BCUT2D eigenvalue weighted by Crippen LogP contribution is 2.38. The minimum absolute atomic E-state index is 0.0434. The molecule has 32 heavy (non-hydrogen) atoms. The zero-order valence-electron chi connectivity index (χ0n) is 19.4. The number of carbonyl (C=O) groups is 2. The SMILES string of the molecule is CC1(C(=O)NC2CCCCCCC2)Cn2c(cc3sccc32)C(=O)N1C1CCCCCC1. The molecular weight excluding hydrogens is 418 g/mol. The van der Waals surface area contributed by atoms with Crippen molar-refractivity contribution < 1.29 is 9.59 Å². The highest BCUT2D eigenvalue weighted by atomic mass is 32.1. The van der Waals surface area contributed by atoms with Gasteiger partial charge in [0.15, 0.2) is 0 Å². The molecule has 2 aliphatic carbocycles. The molecule has 3 heterocycles. The quantitative estimate of drug-likeness (QED) is 0.589. The summed E-state index contributed by atoms with van der Waals surface area (Å²) in [6.07, 6.45) is 15.1. The molecule has 5 rings (SSSR count). The Morgan fingerprint density at radius 3 is 2.31 bits per heavy atom. The van der Waals surface area contributed by atoms with Crippen LogP contribution < -0.4 is 5.32 Å². The molecule has 2 aromatic heterocycles. The molecule has 0 bridgehead atoms. The molecule has 1 N–H and O–H groups in total. The Morgan fingerprint density at radius 1 is 1.00 bits per heavy atom. The molecule has 174 valence electrons. The Kier molecular flexibility index (Phi) is 6.33. The second kappa shape index (κ2) is 9.20. The maximum atomic E-state index is 14.0. The molecule has 1 atom stereocenters. The van der Waals surface area contributed by atoms with Crippen LogP contribution in [-0.2, 0) is 11.3 Å². The number of amides is 2. The molecule has 5 nitrogen and oxygen atoms in total. The van der Waals surface area contributed by atoms with Crippen molar-refractivity contribution >= 4 is 33.4 Å². The third-order valence-corrected chi connectivity index (χ3v) is 8.93. The van der Waals surface area contributed by atoms with Gasteiger partial charge in [0, 0.05) is 12.1 Å². The van der Waals surface area contributed by atoms with E-state index in [1.807, 2.05) is 17.9 Å². The summed E-state index contributed by atoms with van der Waals surface area (Å²) in [5, 5.41) is 5.50. The van der Waals surface area contributed by atoms with Crippen LogP contribution in [0.1, 0.15) is 101 Å². The number of rotatable bonds is 3. The summed E-state index contributed by atoms with van der Waals surface area (Å²) in [6.45, 7) is 2.57. The molecule has 0 aromatic carbocycles. The van der Waals surface area contributed by atoms with Crippen LogP contribution in [0, 0.1) is 0 Å². The number of carbonyl (C=O) groups excluding carboxylic acids is 2. The minimum atomic E-state index is -0.852. The number of fused-ring (bicyclic) bond motifs is 3.